The van der Waals surface area contributed by atoms with Gasteiger partial charge < -0.3 is 19.4 Å². The number of nitrogens with one attached hydrogen (secondary N) is 1. The first kappa shape index (κ1) is 30.6. The number of likely N-dealkylation sites (tertiary alicyclic amines) is 1. The van der Waals surface area contributed by atoms with E-state index in [1.165, 1.54) is 6.08 Å². The summed E-state index contributed by atoms with van der Waals surface area (Å²) in [6, 6.07) is 10.0. The van der Waals surface area contributed by atoms with Crippen molar-refractivity contribution in [3.05, 3.63) is 56.8 Å². The topological polar surface area (TPSA) is 101 Å². The highest BCUT2D eigenvalue weighted by atomic mass is 35.5. The predicted octanol–water partition coefficient (Wildman–Crippen LogP) is 7.53. The molecule has 0 saturated carbocycles. The Bertz CT molecular complexity index is 1520. The summed E-state index contributed by atoms with van der Waals surface area (Å²) in [5, 5.41) is 0.788. The van der Waals surface area contributed by atoms with E-state index in [0.29, 0.717) is 41.8 Å². The van der Waals surface area contributed by atoms with Crippen molar-refractivity contribution >= 4 is 48.4 Å². The van der Waals surface area contributed by atoms with Gasteiger partial charge in [-0.15, -0.1) is 0 Å². The summed E-state index contributed by atoms with van der Waals surface area (Å²) < 4.78 is 12.1. The smallest absolute Gasteiger partial charge is 0.409 e. The molecule has 1 atom stereocenters. The number of hydrogen-bond acceptors (Lipinski definition) is 6. The molecule has 0 radical (unpaired) electrons. The third kappa shape index (κ3) is 7.67. The Kier molecular flexibility index (Phi) is 9.74. The minimum atomic E-state index is -1.31. The summed E-state index contributed by atoms with van der Waals surface area (Å²) in [7, 11) is -1.31. The van der Waals surface area contributed by atoms with Gasteiger partial charge in [-0.2, -0.15) is 4.99 Å². The summed E-state index contributed by atoms with van der Waals surface area (Å²) in [4.78, 5) is 45.9. The van der Waals surface area contributed by atoms with Crippen molar-refractivity contribution in [2.75, 3.05) is 19.8 Å². The average molecular weight is 596 g/mol. The molecule has 1 unspecified atom stereocenters. The summed E-state index contributed by atoms with van der Waals surface area (Å²) >= 11 is 6.31. The average Bonchev–Trinajstić information content (AvgIpc) is 2.88. The van der Waals surface area contributed by atoms with Crippen LogP contribution in [-0.4, -0.2) is 55.9 Å². The van der Waals surface area contributed by atoms with Crippen LogP contribution in [0.4, 0.5) is 10.5 Å². The van der Waals surface area contributed by atoms with E-state index in [2.05, 4.69) is 29.6 Å². The van der Waals surface area contributed by atoms with E-state index < -0.39 is 8.07 Å². The maximum atomic E-state index is 13.4. The molecular weight excluding hydrogens is 558 g/mol. The van der Waals surface area contributed by atoms with Crippen molar-refractivity contribution in [2.45, 2.75) is 71.3 Å². The number of carbonyl (C=O) groups is 1. The molecule has 0 spiro atoms. The number of H-pyrrole nitrogens is 1. The van der Waals surface area contributed by atoms with Crippen LogP contribution in [0.3, 0.4) is 0 Å². The minimum Gasteiger partial charge on any atom is -0.492 e. The van der Waals surface area contributed by atoms with Crippen LogP contribution >= 0.6 is 11.6 Å². The molecule has 8 nitrogen and oxygen atoms in total. The molecule has 1 aliphatic heterocycles. The zero-order valence-electron chi connectivity index (χ0n) is 24.4. The number of hydrogen-bond donors (Lipinski definition) is 1. The fraction of sp³-hybridized carbons (Fsp3) is 0.452. The van der Waals surface area contributed by atoms with Gasteiger partial charge in [0.25, 0.3) is 5.56 Å². The number of fused-ring (bicyclic) bond motifs is 1. The van der Waals surface area contributed by atoms with Gasteiger partial charge in [0.2, 0.25) is 6.08 Å². The molecular formula is C31H38ClN3O5Si. The number of isocyanates is 1. The van der Waals surface area contributed by atoms with Crippen LogP contribution in [0.1, 0.15) is 36.8 Å². The Balaban J connectivity index is 1.65. The molecule has 2 aromatic carbocycles. The van der Waals surface area contributed by atoms with Gasteiger partial charge in [0, 0.05) is 32.5 Å². The molecule has 0 bridgehead atoms. The van der Waals surface area contributed by atoms with Gasteiger partial charge in [0.1, 0.15) is 5.75 Å². The third-order valence-electron chi connectivity index (χ3n) is 7.35. The van der Waals surface area contributed by atoms with E-state index >= 15 is 0 Å². The number of rotatable bonds is 9. The van der Waals surface area contributed by atoms with Crippen molar-refractivity contribution in [3.8, 4) is 16.9 Å². The lowest BCUT2D eigenvalue weighted by molar-refractivity contribution is 0.0701. The molecule has 1 N–H and O–H groups in total. The van der Waals surface area contributed by atoms with Crippen LogP contribution in [0.2, 0.25) is 30.7 Å². The standard InChI is InChI=1S/C31H38ClN3O5Si/c1-20-14-21(2)16-22(15-20)28-29(24-17-27(33-19-36)25(32)18-26(24)34-30(28)37)39-11-9-23-8-6-7-10-35(23)31(38)40-12-13-41(3,4)5/h14-18,23H,6-13H2,1-5H3,(H,34,37). The van der Waals surface area contributed by atoms with Gasteiger partial charge in [-0.3, -0.25) is 4.79 Å². The normalized spacial score (nSPS) is 15.5. The molecule has 10 heteroatoms. The molecule has 1 aliphatic rings. The third-order valence-corrected chi connectivity index (χ3v) is 9.35. The molecule has 1 aromatic heterocycles. The number of halogens is 1. The van der Waals surface area contributed by atoms with Crippen molar-refractivity contribution < 1.29 is 19.1 Å². The lowest BCUT2D eigenvalue weighted by Gasteiger charge is -2.35. The number of amides is 1. The molecule has 2 heterocycles. The molecule has 1 amide bonds. The lowest BCUT2D eigenvalue weighted by Crippen LogP contribution is -2.45. The van der Waals surface area contributed by atoms with Crippen LogP contribution in [-0.2, 0) is 9.53 Å². The fourth-order valence-electron chi connectivity index (χ4n) is 5.31. The van der Waals surface area contributed by atoms with Crippen molar-refractivity contribution in [2.24, 2.45) is 4.99 Å². The van der Waals surface area contributed by atoms with Gasteiger partial charge in [-0.25, -0.2) is 9.59 Å². The Morgan fingerprint density at radius 1 is 1.12 bits per heavy atom. The van der Waals surface area contributed by atoms with Gasteiger partial charge >= 0.3 is 6.09 Å². The predicted molar refractivity (Wildman–Crippen MR) is 166 cm³/mol. The maximum Gasteiger partial charge on any atom is 0.409 e. The number of carbonyl (C=O) groups excluding carboxylic acids is 2. The van der Waals surface area contributed by atoms with Gasteiger partial charge in [-0.1, -0.05) is 60.6 Å². The molecule has 4 rings (SSSR count). The van der Waals surface area contributed by atoms with Crippen molar-refractivity contribution in [1.29, 1.82) is 0 Å². The maximum absolute atomic E-state index is 13.4. The number of aromatic nitrogens is 1. The number of pyridine rings is 1. The molecule has 3 aromatic rings. The van der Waals surface area contributed by atoms with Crippen molar-refractivity contribution in [3.63, 3.8) is 0 Å². The number of benzene rings is 2. The Hall–Kier alpha value is -3.39. The number of nitrogens with zero attached hydrogens (tertiary/aromatic N) is 2. The minimum absolute atomic E-state index is 0.0225. The summed E-state index contributed by atoms with van der Waals surface area (Å²) in [6.07, 6.45) is 4.68. The van der Waals surface area contributed by atoms with E-state index in [1.807, 2.05) is 36.9 Å². The number of aliphatic imine (C=N–C) groups is 1. The highest BCUT2D eigenvalue weighted by Crippen LogP contribution is 2.39. The van der Waals surface area contributed by atoms with Crippen LogP contribution in [0.25, 0.3) is 22.0 Å². The van der Waals surface area contributed by atoms with Crippen LogP contribution in [0.15, 0.2) is 40.1 Å². The van der Waals surface area contributed by atoms with E-state index in [0.717, 1.165) is 42.0 Å². The summed E-state index contributed by atoms with van der Waals surface area (Å²) in [5.74, 6) is 0.382. The molecule has 1 fully saturated rings. The van der Waals surface area contributed by atoms with Crippen molar-refractivity contribution in [1.82, 2.24) is 9.88 Å². The second-order valence-corrected chi connectivity index (χ2v) is 18.0. The first-order valence-corrected chi connectivity index (χ1v) is 18.2. The number of aromatic amines is 1. The van der Waals surface area contributed by atoms with Gasteiger partial charge in [0.15, 0.2) is 0 Å². The Morgan fingerprint density at radius 3 is 2.54 bits per heavy atom. The van der Waals surface area contributed by atoms with Gasteiger partial charge in [-0.05, 0) is 56.9 Å². The molecule has 0 aliphatic carbocycles. The van der Waals surface area contributed by atoms with Crippen LogP contribution < -0.4 is 10.3 Å². The first-order valence-electron chi connectivity index (χ1n) is 14.1. The zero-order valence-corrected chi connectivity index (χ0v) is 26.2. The largest absolute Gasteiger partial charge is 0.492 e. The van der Waals surface area contributed by atoms with E-state index in [-0.39, 0.29) is 35.0 Å². The van der Waals surface area contributed by atoms with E-state index in [9.17, 15) is 14.4 Å². The second kappa shape index (κ2) is 13.1. The number of ether oxygens (including phenoxy) is 2. The van der Waals surface area contributed by atoms with Crippen LogP contribution in [0, 0.1) is 13.8 Å². The Morgan fingerprint density at radius 2 is 1.85 bits per heavy atom. The zero-order chi connectivity index (χ0) is 29.7. The second-order valence-electron chi connectivity index (χ2n) is 12.0. The van der Waals surface area contributed by atoms with E-state index in [4.69, 9.17) is 21.1 Å². The number of aryl methyl sites for hydroxylation is 2. The lowest BCUT2D eigenvalue weighted by atomic mass is 9.98. The first-order chi connectivity index (χ1) is 19.5. The Labute approximate surface area is 246 Å². The molecule has 1 saturated heterocycles. The SMILES string of the molecule is Cc1cc(C)cc(-c2c(OCCC3CCCCN3C(=O)OCC[Si](C)(C)C)c3cc(N=C=O)c(Cl)cc3[nH]c2=O)c1. The fourth-order valence-corrected chi connectivity index (χ4v) is 6.23. The van der Waals surface area contributed by atoms with Crippen LogP contribution in [0.5, 0.6) is 5.75 Å². The summed E-state index contributed by atoms with van der Waals surface area (Å²) in [6.45, 7) is 12.1. The highest BCUT2D eigenvalue weighted by Gasteiger charge is 2.29. The van der Waals surface area contributed by atoms with Gasteiger partial charge in [0.05, 0.1) is 35.0 Å². The quantitative estimate of drug-likeness (QED) is 0.156. The summed E-state index contributed by atoms with van der Waals surface area (Å²) in [5.41, 5.74) is 3.53. The monoisotopic (exact) mass is 595 g/mol. The number of piperidine rings is 1. The molecule has 41 heavy (non-hydrogen) atoms. The highest BCUT2D eigenvalue weighted by molar-refractivity contribution is 6.76. The molecule has 218 valence electrons. The van der Waals surface area contributed by atoms with E-state index in [1.54, 1.807) is 12.1 Å².